The van der Waals surface area contributed by atoms with E-state index in [1.54, 1.807) is 4.90 Å². The van der Waals surface area contributed by atoms with E-state index in [-0.39, 0.29) is 18.4 Å². The van der Waals surface area contributed by atoms with Crippen molar-refractivity contribution in [2.45, 2.75) is 20.3 Å². The molecule has 0 radical (unpaired) electrons. The van der Waals surface area contributed by atoms with Gasteiger partial charge in [-0.25, -0.2) is 9.97 Å². The van der Waals surface area contributed by atoms with Crippen LogP contribution in [-0.4, -0.2) is 34.1 Å². The van der Waals surface area contributed by atoms with Crippen LogP contribution < -0.4 is 4.90 Å². The quantitative estimate of drug-likeness (QED) is 0.787. The predicted molar refractivity (Wildman–Crippen MR) is 59.1 cm³/mol. The van der Waals surface area contributed by atoms with Crippen LogP contribution in [0.25, 0.3) is 0 Å². The van der Waals surface area contributed by atoms with E-state index >= 15 is 0 Å². The van der Waals surface area contributed by atoms with E-state index in [1.807, 2.05) is 19.9 Å². The summed E-state index contributed by atoms with van der Waals surface area (Å²) < 4.78 is 0. The zero-order valence-electron chi connectivity index (χ0n) is 9.47. The Balaban J connectivity index is 2.27. The lowest BCUT2D eigenvalue weighted by Gasteiger charge is -2.14. The molecule has 1 unspecified atom stereocenters. The molecule has 0 aliphatic carbocycles. The third-order valence-electron chi connectivity index (χ3n) is 2.68. The first-order valence-electron chi connectivity index (χ1n) is 5.33. The second kappa shape index (κ2) is 4.17. The van der Waals surface area contributed by atoms with Crippen molar-refractivity contribution in [2.75, 3.05) is 18.1 Å². The summed E-state index contributed by atoms with van der Waals surface area (Å²) in [6.45, 7) is 4.30. The van der Waals surface area contributed by atoms with Crippen LogP contribution in [0.5, 0.6) is 0 Å². The lowest BCUT2D eigenvalue weighted by Crippen LogP contribution is -2.27. The molecule has 2 heterocycles. The minimum Gasteiger partial charge on any atom is -0.396 e. The number of anilines is 1. The summed E-state index contributed by atoms with van der Waals surface area (Å²) in [6, 6.07) is 1.87. The number of carbonyl (C=O) groups excluding carboxylic acids is 1. The molecule has 1 atom stereocenters. The van der Waals surface area contributed by atoms with Gasteiger partial charge in [-0.05, 0) is 19.9 Å². The van der Waals surface area contributed by atoms with Gasteiger partial charge in [0.1, 0.15) is 0 Å². The highest BCUT2D eigenvalue weighted by Crippen LogP contribution is 2.22. The molecule has 0 spiro atoms. The zero-order chi connectivity index (χ0) is 11.7. The highest BCUT2D eigenvalue weighted by molar-refractivity contribution is 5.94. The Bertz CT molecular complexity index is 399. The van der Waals surface area contributed by atoms with Gasteiger partial charge in [-0.1, -0.05) is 0 Å². The maximum absolute atomic E-state index is 11.7. The van der Waals surface area contributed by atoms with Crippen LogP contribution in [0.15, 0.2) is 6.07 Å². The molecule has 1 aliphatic rings. The first-order chi connectivity index (χ1) is 7.60. The Morgan fingerprint density at radius 2 is 2.06 bits per heavy atom. The van der Waals surface area contributed by atoms with Gasteiger partial charge in [0, 0.05) is 36.9 Å². The molecule has 0 aromatic carbocycles. The van der Waals surface area contributed by atoms with Crippen LogP contribution in [0, 0.1) is 19.8 Å². The summed E-state index contributed by atoms with van der Waals surface area (Å²) >= 11 is 0. The number of aryl methyl sites for hydroxylation is 2. The van der Waals surface area contributed by atoms with Crippen molar-refractivity contribution in [1.82, 2.24) is 9.97 Å². The number of hydrogen-bond acceptors (Lipinski definition) is 4. The van der Waals surface area contributed by atoms with Crippen molar-refractivity contribution in [3.63, 3.8) is 0 Å². The summed E-state index contributed by atoms with van der Waals surface area (Å²) in [7, 11) is 0. The van der Waals surface area contributed by atoms with Gasteiger partial charge < -0.3 is 5.11 Å². The number of hydrogen-bond donors (Lipinski definition) is 1. The summed E-state index contributed by atoms with van der Waals surface area (Å²) in [5.74, 6) is 0.458. The molecule has 1 aliphatic heterocycles. The molecule has 1 fully saturated rings. The Kier molecular flexibility index (Phi) is 2.87. The summed E-state index contributed by atoms with van der Waals surface area (Å²) in [5, 5.41) is 9.04. The van der Waals surface area contributed by atoms with E-state index in [0.717, 1.165) is 11.4 Å². The number of rotatable bonds is 2. The van der Waals surface area contributed by atoms with Crippen LogP contribution >= 0.6 is 0 Å². The Morgan fingerprint density at radius 1 is 1.44 bits per heavy atom. The maximum Gasteiger partial charge on any atom is 0.232 e. The Morgan fingerprint density at radius 3 is 2.56 bits per heavy atom. The number of amides is 1. The standard InChI is InChI=1S/C11H15N3O2/c1-7-3-8(2)13-11(12-7)14-5-9(6-15)4-10(14)16/h3,9,15H,4-6H2,1-2H3. The minimum atomic E-state index is -0.0101. The van der Waals surface area contributed by atoms with Gasteiger partial charge in [0.25, 0.3) is 0 Å². The van der Waals surface area contributed by atoms with Gasteiger partial charge in [0.05, 0.1) is 0 Å². The third kappa shape index (κ3) is 2.04. The average Bonchev–Trinajstić information content (AvgIpc) is 2.58. The van der Waals surface area contributed by atoms with Gasteiger partial charge >= 0.3 is 0 Å². The van der Waals surface area contributed by atoms with Crippen LogP contribution in [0.3, 0.4) is 0 Å². The number of nitrogens with zero attached hydrogens (tertiary/aromatic N) is 3. The fourth-order valence-electron chi connectivity index (χ4n) is 1.93. The maximum atomic E-state index is 11.7. The summed E-state index contributed by atoms with van der Waals surface area (Å²) in [4.78, 5) is 21.8. The molecule has 1 saturated heterocycles. The van der Waals surface area contributed by atoms with Gasteiger partial charge in [-0.2, -0.15) is 0 Å². The number of carbonyl (C=O) groups is 1. The first kappa shape index (κ1) is 11.0. The largest absolute Gasteiger partial charge is 0.396 e. The number of aliphatic hydroxyl groups is 1. The molecule has 2 rings (SSSR count). The van der Waals surface area contributed by atoms with Crippen molar-refractivity contribution in [3.05, 3.63) is 17.5 Å². The highest BCUT2D eigenvalue weighted by atomic mass is 16.3. The molecular weight excluding hydrogens is 206 g/mol. The molecule has 16 heavy (non-hydrogen) atoms. The van der Waals surface area contributed by atoms with Crippen LogP contribution in [0.1, 0.15) is 17.8 Å². The minimum absolute atomic E-state index is 0.0101. The lowest BCUT2D eigenvalue weighted by molar-refractivity contribution is -0.117. The van der Waals surface area contributed by atoms with E-state index in [4.69, 9.17) is 5.11 Å². The number of aromatic nitrogens is 2. The van der Waals surface area contributed by atoms with E-state index in [9.17, 15) is 4.79 Å². The molecule has 1 N–H and O–H groups in total. The molecule has 5 nitrogen and oxygen atoms in total. The van der Waals surface area contributed by atoms with Crippen LogP contribution in [-0.2, 0) is 4.79 Å². The summed E-state index contributed by atoms with van der Waals surface area (Å²) in [5.41, 5.74) is 1.70. The highest BCUT2D eigenvalue weighted by Gasteiger charge is 2.31. The lowest BCUT2D eigenvalue weighted by atomic mass is 10.1. The van der Waals surface area contributed by atoms with Gasteiger partial charge in [0.2, 0.25) is 11.9 Å². The fraction of sp³-hybridized carbons (Fsp3) is 0.545. The van der Waals surface area contributed by atoms with Crippen molar-refractivity contribution in [1.29, 1.82) is 0 Å². The molecule has 86 valence electrons. The number of aliphatic hydroxyl groups excluding tert-OH is 1. The molecule has 1 aromatic heterocycles. The molecular formula is C11H15N3O2. The monoisotopic (exact) mass is 221 g/mol. The van der Waals surface area contributed by atoms with Gasteiger partial charge in [-0.15, -0.1) is 0 Å². The fourth-order valence-corrected chi connectivity index (χ4v) is 1.93. The molecule has 0 bridgehead atoms. The van der Waals surface area contributed by atoms with Crippen LogP contribution in [0.4, 0.5) is 5.95 Å². The Hall–Kier alpha value is -1.49. The SMILES string of the molecule is Cc1cc(C)nc(N2CC(CO)CC2=O)n1. The molecule has 1 aromatic rings. The summed E-state index contributed by atoms with van der Waals surface area (Å²) in [6.07, 6.45) is 0.382. The van der Waals surface area contributed by atoms with Gasteiger partial charge in [-0.3, -0.25) is 9.69 Å². The third-order valence-corrected chi connectivity index (χ3v) is 2.68. The van der Waals surface area contributed by atoms with Crippen LogP contribution in [0.2, 0.25) is 0 Å². The predicted octanol–water partition coefficient (Wildman–Crippen LogP) is 0.439. The van der Waals surface area contributed by atoms with Crippen molar-refractivity contribution >= 4 is 11.9 Å². The van der Waals surface area contributed by atoms with Crippen molar-refractivity contribution < 1.29 is 9.90 Å². The molecule has 1 amide bonds. The smallest absolute Gasteiger partial charge is 0.232 e. The second-order valence-corrected chi connectivity index (χ2v) is 4.21. The second-order valence-electron chi connectivity index (χ2n) is 4.21. The van der Waals surface area contributed by atoms with E-state index in [1.165, 1.54) is 0 Å². The molecule has 0 saturated carbocycles. The average molecular weight is 221 g/mol. The first-order valence-corrected chi connectivity index (χ1v) is 5.33. The normalized spacial score (nSPS) is 20.6. The van der Waals surface area contributed by atoms with E-state index in [0.29, 0.717) is 18.9 Å². The van der Waals surface area contributed by atoms with Gasteiger partial charge in [0.15, 0.2) is 0 Å². The Labute approximate surface area is 94.1 Å². The zero-order valence-corrected chi connectivity index (χ0v) is 9.47. The van der Waals surface area contributed by atoms with Crippen molar-refractivity contribution in [2.24, 2.45) is 5.92 Å². The topological polar surface area (TPSA) is 66.3 Å². The van der Waals surface area contributed by atoms with Crippen molar-refractivity contribution in [3.8, 4) is 0 Å². The van der Waals surface area contributed by atoms with E-state index in [2.05, 4.69) is 9.97 Å². The van der Waals surface area contributed by atoms with E-state index < -0.39 is 0 Å². The molecule has 5 heteroatoms.